The number of halogens is 3. The number of ether oxygens (including phenoxy) is 3. The number of benzene rings is 2. The predicted octanol–water partition coefficient (Wildman–Crippen LogP) is 3.70. The van der Waals surface area contributed by atoms with E-state index in [-0.39, 0.29) is 37.2 Å². The monoisotopic (exact) mass is 565 g/mol. The van der Waals surface area contributed by atoms with E-state index >= 15 is 8.78 Å². The van der Waals surface area contributed by atoms with Crippen LogP contribution in [0.25, 0.3) is 0 Å². The van der Waals surface area contributed by atoms with Gasteiger partial charge in [-0.1, -0.05) is 12.1 Å². The lowest BCUT2D eigenvalue weighted by Crippen LogP contribution is -2.63. The van der Waals surface area contributed by atoms with Gasteiger partial charge in [-0.25, -0.2) is 22.2 Å². The number of nitrogens with zero attached hydrogens (tertiary/aromatic N) is 2. The zero-order valence-corrected chi connectivity index (χ0v) is 22.1. The lowest BCUT2D eigenvalue weighted by Gasteiger charge is -2.50. The molecule has 2 heterocycles. The van der Waals surface area contributed by atoms with Gasteiger partial charge in [0.1, 0.15) is 35.0 Å². The van der Waals surface area contributed by atoms with E-state index in [0.717, 1.165) is 18.2 Å². The first-order chi connectivity index (χ1) is 18.6. The minimum Gasteiger partial charge on any atom is -0.497 e. The molecule has 0 bridgehead atoms. The third-order valence-electron chi connectivity index (χ3n) is 6.53. The van der Waals surface area contributed by atoms with E-state index in [9.17, 15) is 17.6 Å². The van der Waals surface area contributed by atoms with Crippen LogP contribution in [0.2, 0.25) is 0 Å². The molecule has 0 amide bonds. The van der Waals surface area contributed by atoms with Gasteiger partial charge in [-0.3, -0.25) is 4.72 Å². The Morgan fingerprint density at radius 3 is 2.44 bits per heavy atom. The van der Waals surface area contributed by atoms with Gasteiger partial charge >= 0.3 is 0 Å². The van der Waals surface area contributed by atoms with Crippen molar-refractivity contribution in [1.29, 1.82) is 0 Å². The molecule has 1 aliphatic heterocycles. The molecule has 0 aliphatic carbocycles. The molecule has 0 spiro atoms. The Hall–Kier alpha value is -3.84. The van der Waals surface area contributed by atoms with Gasteiger partial charge in [0.15, 0.2) is 10.7 Å². The van der Waals surface area contributed by atoms with Gasteiger partial charge in [-0.2, -0.15) is 4.39 Å². The van der Waals surface area contributed by atoms with Gasteiger partial charge in [0.25, 0.3) is 10.0 Å². The van der Waals surface area contributed by atoms with Gasteiger partial charge in [-0.05, 0) is 29.8 Å². The SMILES string of the molecule is COc1ccc(Cc2c(N3CC(CC=O)(OC)C3)cc(F)c(S(=O)(=O)Nc3cccc(F)n3)c2F)c(OC)c1. The number of sulfonamides is 1. The number of hydrogen-bond acceptors (Lipinski definition) is 8. The van der Waals surface area contributed by atoms with Crippen molar-refractivity contribution >= 4 is 27.8 Å². The topological polar surface area (TPSA) is 107 Å². The van der Waals surface area contributed by atoms with E-state index in [1.54, 1.807) is 23.1 Å². The lowest BCUT2D eigenvalue weighted by molar-refractivity contribution is -0.115. The predicted molar refractivity (Wildman–Crippen MR) is 136 cm³/mol. The molecular weight excluding hydrogens is 539 g/mol. The van der Waals surface area contributed by atoms with Crippen LogP contribution in [0.1, 0.15) is 17.5 Å². The van der Waals surface area contributed by atoms with Crippen molar-refractivity contribution in [3.05, 3.63) is 71.2 Å². The molecule has 9 nitrogen and oxygen atoms in total. The van der Waals surface area contributed by atoms with E-state index in [1.165, 1.54) is 27.4 Å². The molecule has 3 aromatic rings. The average Bonchev–Trinajstić information content (AvgIpc) is 2.87. The minimum atomic E-state index is -4.87. The number of rotatable bonds is 11. The van der Waals surface area contributed by atoms with Crippen LogP contribution in [-0.2, 0) is 26.0 Å². The van der Waals surface area contributed by atoms with Gasteiger partial charge in [0, 0.05) is 50.4 Å². The van der Waals surface area contributed by atoms with Crippen LogP contribution >= 0.6 is 0 Å². The van der Waals surface area contributed by atoms with E-state index in [0.29, 0.717) is 23.3 Å². The highest BCUT2D eigenvalue weighted by Gasteiger charge is 2.45. The minimum absolute atomic E-state index is 0.0730. The second-order valence-electron chi connectivity index (χ2n) is 8.92. The molecule has 1 fully saturated rings. The summed E-state index contributed by atoms with van der Waals surface area (Å²) in [7, 11) is -0.555. The number of pyridine rings is 1. The van der Waals surface area contributed by atoms with Crippen molar-refractivity contribution in [2.45, 2.75) is 23.3 Å². The summed E-state index contributed by atoms with van der Waals surface area (Å²) in [5.41, 5.74) is -0.411. The normalized spacial score (nSPS) is 14.5. The first-order valence-corrected chi connectivity index (χ1v) is 13.2. The van der Waals surface area contributed by atoms with Crippen LogP contribution < -0.4 is 19.1 Å². The highest BCUT2D eigenvalue weighted by molar-refractivity contribution is 7.92. The third kappa shape index (κ3) is 5.64. The Kier molecular flexibility index (Phi) is 8.02. The van der Waals surface area contributed by atoms with E-state index < -0.39 is 43.9 Å². The van der Waals surface area contributed by atoms with Crippen molar-refractivity contribution in [3.8, 4) is 11.5 Å². The first kappa shape index (κ1) is 28.2. The van der Waals surface area contributed by atoms with Crippen LogP contribution in [-0.4, -0.2) is 59.7 Å². The highest BCUT2D eigenvalue weighted by Crippen LogP contribution is 2.40. The van der Waals surface area contributed by atoms with Gasteiger partial charge < -0.3 is 23.9 Å². The Morgan fingerprint density at radius 2 is 1.82 bits per heavy atom. The zero-order chi connectivity index (χ0) is 28.4. The molecule has 0 atom stereocenters. The smallest absolute Gasteiger partial charge is 0.268 e. The fourth-order valence-corrected chi connectivity index (χ4v) is 5.64. The quantitative estimate of drug-likeness (QED) is 0.277. The largest absolute Gasteiger partial charge is 0.497 e. The number of methoxy groups -OCH3 is 3. The summed E-state index contributed by atoms with van der Waals surface area (Å²) in [5, 5.41) is 0. The molecule has 0 saturated carbocycles. The molecule has 1 saturated heterocycles. The molecule has 13 heteroatoms. The second-order valence-corrected chi connectivity index (χ2v) is 10.5. The number of nitrogens with one attached hydrogen (secondary N) is 1. The molecule has 0 radical (unpaired) electrons. The summed E-state index contributed by atoms with van der Waals surface area (Å²) in [6.07, 6.45) is 0.593. The molecule has 208 valence electrons. The zero-order valence-electron chi connectivity index (χ0n) is 21.3. The Bertz CT molecular complexity index is 1500. The summed E-state index contributed by atoms with van der Waals surface area (Å²) in [4.78, 5) is 14.9. The molecule has 2 aromatic carbocycles. The number of carbonyl (C=O) groups is 1. The summed E-state index contributed by atoms with van der Waals surface area (Å²) < 4.78 is 89.3. The van der Waals surface area contributed by atoms with Crippen LogP contribution in [0.3, 0.4) is 0 Å². The summed E-state index contributed by atoms with van der Waals surface area (Å²) >= 11 is 0. The van der Waals surface area contributed by atoms with Crippen molar-refractivity contribution in [2.24, 2.45) is 0 Å². The number of aromatic nitrogens is 1. The molecule has 1 aromatic heterocycles. The standard InChI is InChI=1S/C26H26F3N3O6S/c1-36-17-8-7-16(21(12-17)37-2)11-18-20(32-14-26(15-32,38-3)9-10-33)13-19(27)25(24(18)29)39(34,35)31-23-6-4-5-22(28)30-23/h4-8,10,12-13H,9,11,14-15H2,1-3H3,(H,30,31). The number of hydrogen-bond donors (Lipinski definition) is 1. The first-order valence-electron chi connectivity index (χ1n) is 11.7. The summed E-state index contributed by atoms with van der Waals surface area (Å²) in [6.45, 7) is 0.289. The van der Waals surface area contributed by atoms with Crippen LogP contribution in [0, 0.1) is 17.6 Å². The lowest BCUT2D eigenvalue weighted by atomic mass is 9.88. The van der Waals surface area contributed by atoms with E-state index in [4.69, 9.17) is 14.2 Å². The average molecular weight is 566 g/mol. The number of anilines is 2. The van der Waals surface area contributed by atoms with Crippen molar-refractivity contribution in [3.63, 3.8) is 0 Å². The fraction of sp³-hybridized carbons (Fsp3) is 0.308. The Labute approximate surface area is 223 Å². The molecule has 39 heavy (non-hydrogen) atoms. The Balaban J connectivity index is 1.82. The van der Waals surface area contributed by atoms with Crippen LogP contribution in [0.15, 0.2) is 47.4 Å². The molecule has 4 rings (SSSR count). The molecular formula is C26H26F3N3O6S. The third-order valence-corrected chi connectivity index (χ3v) is 7.91. The highest BCUT2D eigenvalue weighted by atomic mass is 32.2. The van der Waals surface area contributed by atoms with E-state index in [1.807, 2.05) is 4.72 Å². The summed E-state index contributed by atoms with van der Waals surface area (Å²) in [6, 6.07) is 9.07. The Morgan fingerprint density at radius 1 is 1.08 bits per heavy atom. The maximum atomic E-state index is 16.1. The van der Waals surface area contributed by atoms with E-state index in [2.05, 4.69) is 4.98 Å². The number of aldehydes is 1. The van der Waals surface area contributed by atoms with Crippen LogP contribution in [0.4, 0.5) is 24.7 Å². The maximum absolute atomic E-state index is 16.1. The number of carbonyl (C=O) groups excluding carboxylic acids is 1. The van der Waals surface area contributed by atoms with Gasteiger partial charge in [0.05, 0.1) is 14.2 Å². The van der Waals surface area contributed by atoms with Crippen LogP contribution in [0.5, 0.6) is 11.5 Å². The molecule has 0 unspecified atom stereocenters. The van der Waals surface area contributed by atoms with Gasteiger partial charge in [-0.15, -0.1) is 0 Å². The van der Waals surface area contributed by atoms with Gasteiger partial charge in [0.2, 0.25) is 5.95 Å². The summed E-state index contributed by atoms with van der Waals surface area (Å²) in [5.74, 6) is -3.30. The molecule has 1 N–H and O–H groups in total. The van der Waals surface area contributed by atoms with Crippen molar-refractivity contribution in [2.75, 3.05) is 44.0 Å². The fourth-order valence-electron chi connectivity index (χ4n) is 4.48. The van der Waals surface area contributed by atoms with Crippen molar-refractivity contribution < 1.29 is 40.6 Å². The maximum Gasteiger partial charge on any atom is 0.268 e. The molecule has 1 aliphatic rings. The second kappa shape index (κ2) is 11.1. The van der Waals surface area contributed by atoms with Crippen molar-refractivity contribution in [1.82, 2.24) is 4.98 Å².